The van der Waals surface area contributed by atoms with Gasteiger partial charge >= 0.3 is 0 Å². The lowest BCUT2D eigenvalue weighted by atomic mass is 10.0. The van der Waals surface area contributed by atoms with Crippen molar-refractivity contribution in [3.8, 4) is 0 Å². The molecule has 0 aromatic heterocycles. The van der Waals surface area contributed by atoms with Crippen LogP contribution in [0.4, 0.5) is 0 Å². The smallest absolute Gasteiger partial charge is 0.00966 e. The Morgan fingerprint density at radius 2 is 1.62 bits per heavy atom. The second kappa shape index (κ2) is 5.49. The van der Waals surface area contributed by atoms with E-state index in [1.807, 2.05) is 0 Å². The van der Waals surface area contributed by atoms with Gasteiger partial charge in [0.25, 0.3) is 0 Å². The number of hydrogen-bond acceptors (Lipinski definition) is 1. The van der Waals surface area contributed by atoms with Gasteiger partial charge in [0.2, 0.25) is 0 Å². The molecule has 1 aromatic rings. The van der Waals surface area contributed by atoms with Crippen molar-refractivity contribution in [3.63, 3.8) is 0 Å². The van der Waals surface area contributed by atoms with Crippen LogP contribution in [-0.2, 0) is 6.42 Å². The maximum absolute atomic E-state index is 3.51. The Bertz CT molecular complexity index is 303. The summed E-state index contributed by atoms with van der Waals surface area (Å²) in [5.74, 6) is 0.627. The fourth-order valence-electron chi connectivity index (χ4n) is 1.65. The quantitative estimate of drug-likeness (QED) is 0.813. The van der Waals surface area contributed by atoms with Crippen molar-refractivity contribution in [1.29, 1.82) is 0 Å². The van der Waals surface area contributed by atoms with Crippen molar-refractivity contribution >= 4 is 0 Å². The van der Waals surface area contributed by atoms with Gasteiger partial charge < -0.3 is 5.32 Å². The van der Waals surface area contributed by atoms with Crippen LogP contribution in [0.1, 0.15) is 51.7 Å². The molecule has 1 N–H and O–H groups in total. The highest BCUT2D eigenvalue weighted by atomic mass is 14.9. The topological polar surface area (TPSA) is 12.0 Å². The Morgan fingerprint density at radius 1 is 1.06 bits per heavy atom. The molecule has 0 atom stereocenters. The van der Waals surface area contributed by atoms with E-state index in [0.717, 1.165) is 13.0 Å². The van der Waals surface area contributed by atoms with Gasteiger partial charge in [0, 0.05) is 5.54 Å². The van der Waals surface area contributed by atoms with E-state index in [1.54, 1.807) is 0 Å². The van der Waals surface area contributed by atoms with E-state index in [9.17, 15) is 0 Å². The van der Waals surface area contributed by atoms with E-state index in [4.69, 9.17) is 0 Å². The lowest BCUT2D eigenvalue weighted by Crippen LogP contribution is -2.37. The molecule has 16 heavy (non-hydrogen) atoms. The van der Waals surface area contributed by atoms with E-state index in [2.05, 4.69) is 64.2 Å². The molecule has 0 saturated heterocycles. The summed E-state index contributed by atoms with van der Waals surface area (Å²) in [5, 5.41) is 3.51. The number of benzene rings is 1. The Labute approximate surface area is 100 Å². The highest BCUT2D eigenvalue weighted by Gasteiger charge is 2.07. The summed E-state index contributed by atoms with van der Waals surface area (Å²) in [7, 11) is 0. The molecular formula is C15H25N. The highest BCUT2D eigenvalue weighted by molar-refractivity contribution is 5.24. The third kappa shape index (κ3) is 4.80. The monoisotopic (exact) mass is 219 g/mol. The summed E-state index contributed by atoms with van der Waals surface area (Å²) in [6, 6.07) is 8.99. The van der Waals surface area contributed by atoms with Crippen molar-refractivity contribution < 1.29 is 0 Å². The van der Waals surface area contributed by atoms with Gasteiger partial charge in [-0.1, -0.05) is 38.1 Å². The molecule has 0 aliphatic rings. The van der Waals surface area contributed by atoms with Crippen molar-refractivity contribution in [1.82, 2.24) is 5.32 Å². The minimum atomic E-state index is 0.220. The third-order valence-electron chi connectivity index (χ3n) is 2.72. The molecule has 1 nitrogen and oxygen atoms in total. The lowest BCUT2D eigenvalue weighted by Gasteiger charge is -2.20. The summed E-state index contributed by atoms with van der Waals surface area (Å²) in [5.41, 5.74) is 3.06. The van der Waals surface area contributed by atoms with E-state index in [1.165, 1.54) is 11.1 Å². The molecule has 1 aromatic carbocycles. The number of nitrogens with one attached hydrogen (secondary N) is 1. The van der Waals surface area contributed by atoms with E-state index in [0.29, 0.717) is 5.92 Å². The average Bonchev–Trinajstić information content (AvgIpc) is 2.16. The van der Waals surface area contributed by atoms with Crippen LogP contribution in [0, 0.1) is 0 Å². The van der Waals surface area contributed by atoms with Gasteiger partial charge in [0.15, 0.2) is 0 Å². The summed E-state index contributed by atoms with van der Waals surface area (Å²) in [6.07, 6.45) is 1.11. The molecule has 0 aliphatic heterocycles. The Morgan fingerprint density at radius 3 is 2.06 bits per heavy atom. The Hall–Kier alpha value is -0.820. The molecular weight excluding hydrogens is 194 g/mol. The number of hydrogen-bond donors (Lipinski definition) is 1. The molecule has 1 rings (SSSR count). The van der Waals surface area contributed by atoms with Crippen LogP contribution in [0.25, 0.3) is 0 Å². The zero-order chi connectivity index (χ0) is 12.2. The van der Waals surface area contributed by atoms with Crippen LogP contribution in [0.5, 0.6) is 0 Å². The predicted octanol–water partition coefficient (Wildman–Crippen LogP) is 3.74. The lowest BCUT2D eigenvalue weighted by molar-refractivity contribution is 0.429. The summed E-state index contributed by atoms with van der Waals surface area (Å²) in [6.45, 7) is 12.1. The molecule has 0 spiro atoms. The van der Waals surface area contributed by atoms with Crippen molar-refractivity contribution in [2.75, 3.05) is 6.54 Å². The van der Waals surface area contributed by atoms with Gasteiger partial charge in [-0.25, -0.2) is 0 Å². The van der Waals surface area contributed by atoms with E-state index in [-0.39, 0.29) is 5.54 Å². The average molecular weight is 219 g/mol. The SMILES string of the molecule is CC(C)c1ccc(CCNC(C)(C)C)cc1. The first-order valence-electron chi connectivity index (χ1n) is 6.22. The Balaban J connectivity index is 2.44. The van der Waals surface area contributed by atoms with Crippen molar-refractivity contribution in [3.05, 3.63) is 35.4 Å². The fourth-order valence-corrected chi connectivity index (χ4v) is 1.65. The Kier molecular flexibility index (Phi) is 4.55. The molecule has 0 bridgehead atoms. The van der Waals surface area contributed by atoms with Gasteiger partial charge in [0.1, 0.15) is 0 Å². The molecule has 0 fully saturated rings. The molecule has 90 valence electrons. The molecule has 0 radical (unpaired) electrons. The second-order valence-electron chi connectivity index (χ2n) is 5.82. The van der Waals surface area contributed by atoms with Gasteiger partial charge in [-0.2, -0.15) is 0 Å². The van der Waals surface area contributed by atoms with Crippen LogP contribution in [-0.4, -0.2) is 12.1 Å². The molecule has 0 aliphatic carbocycles. The van der Waals surface area contributed by atoms with Gasteiger partial charge in [-0.15, -0.1) is 0 Å². The minimum Gasteiger partial charge on any atom is -0.312 e. The summed E-state index contributed by atoms with van der Waals surface area (Å²) in [4.78, 5) is 0. The van der Waals surface area contributed by atoms with Gasteiger partial charge in [0.05, 0.1) is 0 Å². The molecule has 0 heterocycles. The molecule has 0 saturated carbocycles. The maximum Gasteiger partial charge on any atom is 0.00966 e. The largest absolute Gasteiger partial charge is 0.312 e. The fraction of sp³-hybridized carbons (Fsp3) is 0.600. The summed E-state index contributed by atoms with van der Waals surface area (Å²) >= 11 is 0. The zero-order valence-electron chi connectivity index (χ0n) is 11.3. The first kappa shape index (κ1) is 13.2. The van der Waals surface area contributed by atoms with Crippen molar-refractivity contribution in [2.24, 2.45) is 0 Å². The first-order valence-corrected chi connectivity index (χ1v) is 6.22. The van der Waals surface area contributed by atoms with Crippen LogP contribution < -0.4 is 5.32 Å². The number of rotatable bonds is 4. The third-order valence-corrected chi connectivity index (χ3v) is 2.72. The normalized spacial score (nSPS) is 12.1. The van der Waals surface area contributed by atoms with E-state index < -0.39 is 0 Å². The maximum atomic E-state index is 3.51. The predicted molar refractivity (Wildman–Crippen MR) is 72.0 cm³/mol. The van der Waals surface area contributed by atoms with Crippen LogP contribution in [0.15, 0.2) is 24.3 Å². The minimum absolute atomic E-state index is 0.220. The van der Waals surface area contributed by atoms with Crippen LogP contribution in [0.3, 0.4) is 0 Å². The molecule has 1 heteroatoms. The van der Waals surface area contributed by atoms with Crippen LogP contribution >= 0.6 is 0 Å². The second-order valence-corrected chi connectivity index (χ2v) is 5.82. The molecule has 0 amide bonds. The highest BCUT2D eigenvalue weighted by Crippen LogP contribution is 2.14. The van der Waals surface area contributed by atoms with Crippen molar-refractivity contribution in [2.45, 2.75) is 52.5 Å². The standard InChI is InChI=1S/C15H25N/c1-12(2)14-8-6-13(7-9-14)10-11-16-15(3,4)5/h6-9,12,16H,10-11H2,1-5H3. The van der Waals surface area contributed by atoms with Gasteiger partial charge in [-0.3, -0.25) is 0 Å². The first-order chi connectivity index (χ1) is 7.38. The van der Waals surface area contributed by atoms with Crippen LogP contribution in [0.2, 0.25) is 0 Å². The van der Waals surface area contributed by atoms with E-state index >= 15 is 0 Å². The summed E-state index contributed by atoms with van der Waals surface area (Å²) < 4.78 is 0. The molecule has 0 unspecified atom stereocenters. The zero-order valence-corrected chi connectivity index (χ0v) is 11.3. The van der Waals surface area contributed by atoms with Gasteiger partial charge in [-0.05, 0) is 50.8 Å².